The summed E-state index contributed by atoms with van der Waals surface area (Å²) in [6, 6.07) is 22.6. The Bertz CT molecular complexity index is 2270. The number of fused-ring (bicyclic) bond motifs is 2. The number of carbonyl (C=O) groups is 1. The quantitative estimate of drug-likeness (QED) is 0.139. The molecule has 1 aliphatic rings. The van der Waals surface area contributed by atoms with Gasteiger partial charge in [0.2, 0.25) is 0 Å². The zero-order chi connectivity index (χ0) is 34.7. The Morgan fingerprint density at radius 1 is 0.939 bits per heavy atom. The van der Waals surface area contributed by atoms with Crippen LogP contribution in [0.25, 0.3) is 16.8 Å². The lowest BCUT2D eigenvalue weighted by Crippen LogP contribution is -2.40. The maximum atomic E-state index is 14.2. The van der Waals surface area contributed by atoms with E-state index in [-0.39, 0.29) is 17.7 Å². The Labute approximate surface area is 295 Å². The summed E-state index contributed by atoms with van der Waals surface area (Å²) in [5.41, 5.74) is 2.88. The Morgan fingerprint density at radius 2 is 1.71 bits per heavy atom. The minimum atomic E-state index is -0.798. The minimum Gasteiger partial charge on any atom is -0.493 e. The molecule has 0 radical (unpaired) electrons. The van der Waals surface area contributed by atoms with E-state index in [9.17, 15) is 9.59 Å². The Balaban J connectivity index is 1.41. The monoisotopic (exact) mass is 742 g/mol. The number of nitrogens with zero attached hydrogens (tertiary/aromatic N) is 2. The second-order valence-electron chi connectivity index (χ2n) is 11.1. The molecule has 0 amide bonds. The van der Waals surface area contributed by atoms with Gasteiger partial charge >= 0.3 is 5.97 Å². The number of hydrogen-bond donors (Lipinski definition) is 0. The summed E-state index contributed by atoms with van der Waals surface area (Å²) in [5.74, 6) is 1.56. The van der Waals surface area contributed by atoms with E-state index in [4.69, 9.17) is 28.7 Å². The maximum absolute atomic E-state index is 14.2. The molecule has 0 spiro atoms. The van der Waals surface area contributed by atoms with Crippen molar-refractivity contribution in [3.8, 4) is 23.0 Å². The van der Waals surface area contributed by atoms with Crippen LogP contribution in [0.1, 0.15) is 43.5 Å². The van der Waals surface area contributed by atoms with Crippen LogP contribution in [0.2, 0.25) is 0 Å². The summed E-state index contributed by atoms with van der Waals surface area (Å²) in [6.07, 6.45) is 1.78. The highest BCUT2D eigenvalue weighted by Gasteiger charge is 2.34. The molecule has 4 aromatic carbocycles. The standard InChI is InChI=1S/C38H35BrN2O7S/c1-6-46-30-20-25(15-16-29(30)44-4)34-33(37(43)47-7-2)22(3)40-38-41(34)36(42)32(49-38)19-23-17-28(39)35(31(18-23)45-5)48-21-26-13-10-12-24-11-8-9-14-27(24)26/h8-20,34H,6-7,21H2,1-5H3/b32-19-/t34-/m0/s1. The molecule has 2 heterocycles. The van der Waals surface area contributed by atoms with Gasteiger partial charge in [-0.1, -0.05) is 59.9 Å². The van der Waals surface area contributed by atoms with Crippen molar-refractivity contribution in [3.05, 3.63) is 125 Å². The number of ether oxygens (including phenoxy) is 5. The molecule has 5 aromatic rings. The smallest absolute Gasteiger partial charge is 0.338 e. The number of allylic oxidation sites excluding steroid dienone is 1. The van der Waals surface area contributed by atoms with Crippen molar-refractivity contribution < 1.29 is 28.5 Å². The van der Waals surface area contributed by atoms with E-state index in [0.717, 1.165) is 16.3 Å². The molecule has 6 rings (SSSR count). The first-order chi connectivity index (χ1) is 23.8. The van der Waals surface area contributed by atoms with Gasteiger partial charge in [0.05, 0.1) is 53.8 Å². The lowest BCUT2D eigenvalue weighted by Gasteiger charge is -2.25. The van der Waals surface area contributed by atoms with Crippen LogP contribution in [0, 0.1) is 0 Å². The van der Waals surface area contributed by atoms with E-state index < -0.39 is 12.0 Å². The van der Waals surface area contributed by atoms with E-state index in [0.29, 0.717) is 66.8 Å². The van der Waals surface area contributed by atoms with Gasteiger partial charge in [-0.15, -0.1) is 0 Å². The van der Waals surface area contributed by atoms with Gasteiger partial charge < -0.3 is 23.7 Å². The average molecular weight is 744 g/mol. The summed E-state index contributed by atoms with van der Waals surface area (Å²) in [5, 5.41) is 2.26. The van der Waals surface area contributed by atoms with Gasteiger partial charge in [0.1, 0.15) is 6.61 Å². The predicted molar refractivity (Wildman–Crippen MR) is 194 cm³/mol. The Kier molecular flexibility index (Phi) is 10.2. The number of benzene rings is 4. The topological polar surface area (TPSA) is 97.6 Å². The van der Waals surface area contributed by atoms with Gasteiger partial charge in [0.25, 0.3) is 5.56 Å². The first-order valence-electron chi connectivity index (χ1n) is 15.7. The molecular weight excluding hydrogens is 708 g/mol. The molecule has 0 aliphatic carbocycles. The number of methoxy groups -OCH3 is 2. The zero-order valence-corrected chi connectivity index (χ0v) is 30.1. The van der Waals surface area contributed by atoms with Crippen molar-refractivity contribution in [2.75, 3.05) is 27.4 Å². The van der Waals surface area contributed by atoms with Crippen molar-refractivity contribution in [1.82, 2.24) is 4.57 Å². The molecule has 1 aromatic heterocycles. The predicted octanol–water partition coefficient (Wildman–Crippen LogP) is 6.71. The lowest BCUT2D eigenvalue weighted by molar-refractivity contribution is -0.139. The van der Waals surface area contributed by atoms with E-state index in [1.165, 1.54) is 11.3 Å². The number of aromatic nitrogens is 1. The number of esters is 1. The second kappa shape index (κ2) is 14.7. The second-order valence-corrected chi connectivity index (χ2v) is 13.0. The molecule has 11 heteroatoms. The van der Waals surface area contributed by atoms with Crippen LogP contribution >= 0.6 is 27.3 Å². The van der Waals surface area contributed by atoms with Gasteiger partial charge in [-0.2, -0.15) is 0 Å². The van der Waals surface area contributed by atoms with E-state index in [2.05, 4.69) is 34.1 Å². The van der Waals surface area contributed by atoms with Gasteiger partial charge in [0.15, 0.2) is 27.8 Å². The third-order valence-electron chi connectivity index (χ3n) is 8.12. The van der Waals surface area contributed by atoms with Crippen LogP contribution in [0.15, 0.2) is 98.3 Å². The number of halogens is 1. The molecule has 0 fully saturated rings. The van der Waals surface area contributed by atoms with E-state index >= 15 is 0 Å². The summed E-state index contributed by atoms with van der Waals surface area (Å²) in [6.45, 7) is 6.30. The third kappa shape index (κ3) is 6.73. The normalized spacial score (nSPS) is 14.3. The molecule has 0 N–H and O–H groups in total. The average Bonchev–Trinajstić information content (AvgIpc) is 3.40. The van der Waals surface area contributed by atoms with Crippen molar-refractivity contribution in [1.29, 1.82) is 0 Å². The number of rotatable bonds is 11. The molecule has 0 bridgehead atoms. The van der Waals surface area contributed by atoms with Crippen molar-refractivity contribution in [2.45, 2.75) is 33.4 Å². The Morgan fingerprint density at radius 3 is 2.47 bits per heavy atom. The highest BCUT2D eigenvalue weighted by molar-refractivity contribution is 9.10. The van der Waals surface area contributed by atoms with Crippen molar-refractivity contribution in [2.24, 2.45) is 4.99 Å². The van der Waals surface area contributed by atoms with Gasteiger partial charge in [-0.3, -0.25) is 9.36 Å². The highest BCUT2D eigenvalue weighted by Crippen LogP contribution is 2.39. The number of carbonyl (C=O) groups excluding carboxylic acids is 1. The van der Waals surface area contributed by atoms with Crippen LogP contribution in [0.5, 0.6) is 23.0 Å². The first-order valence-corrected chi connectivity index (χ1v) is 17.4. The van der Waals surface area contributed by atoms with Crippen LogP contribution < -0.4 is 33.8 Å². The lowest BCUT2D eigenvalue weighted by atomic mass is 9.95. The van der Waals surface area contributed by atoms with Crippen molar-refractivity contribution in [3.63, 3.8) is 0 Å². The minimum absolute atomic E-state index is 0.178. The fourth-order valence-corrected chi connectivity index (χ4v) is 7.54. The molecule has 0 unspecified atom stereocenters. The third-order valence-corrected chi connectivity index (χ3v) is 9.69. The maximum Gasteiger partial charge on any atom is 0.338 e. The van der Waals surface area contributed by atoms with Crippen LogP contribution in [0.4, 0.5) is 0 Å². The Hall–Kier alpha value is -4.87. The summed E-state index contributed by atoms with van der Waals surface area (Å²) >= 11 is 4.90. The molecular formula is C38H35BrN2O7S. The summed E-state index contributed by atoms with van der Waals surface area (Å²) in [7, 11) is 3.14. The van der Waals surface area contributed by atoms with E-state index in [1.807, 2.05) is 49.4 Å². The van der Waals surface area contributed by atoms with Gasteiger partial charge in [0, 0.05) is 0 Å². The van der Waals surface area contributed by atoms with Crippen molar-refractivity contribution >= 4 is 50.1 Å². The molecule has 9 nitrogen and oxygen atoms in total. The van der Waals surface area contributed by atoms with Gasteiger partial charge in [-0.05, 0) is 94.5 Å². The number of hydrogen-bond acceptors (Lipinski definition) is 9. The number of thiazole rings is 1. The SMILES string of the molecule is CCOC(=O)C1=C(C)N=c2s/c(=C\c3cc(Br)c(OCc4cccc5ccccc45)c(OC)c3)c(=O)n2[C@H]1c1ccc(OC)c(OCC)c1. The molecule has 252 valence electrons. The van der Waals surface area contributed by atoms with Crippen LogP contribution in [-0.4, -0.2) is 38.0 Å². The fourth-order valence-electron chi connectivity index (χ4n) is 5.92. The fraction of sp³-hybridized carbons (Fsp3) is 0.237. The largest absolute Gasteiger partial charge is 0.493 e. The first kappa shape index (κ1) is 34.0. The van der Waals surface area contributed by atoms with Crippen LogP contribution in [0.3, 0.4) is 0 Å². The molecule has 1 aliphatic heterocycles. The summed E-state index contributed by atoms with van der Waals surface area (Å²) in [4.78, 5) is 32.7. The highest BCUT2D eigenvalue weighted by atomic mass is 79.9. The van der Waals surface area contributed by atoms with Crippen LogP contribution in [-0.2, 0) is 16.1 Å². The molecule has 0 saturated heterocycles. The van der Waals surface area contributed by atoms with E-state index in [1.54, 1.807) is 50.8 Å². The summed E-state index contributed by atoms with van der Waals surface area (Å²) < 4.78 is 31.4. The zero-order valence-electron chi connectivity index (χ0n) is 27.7. The molecule has 1 atom stereocenters. The van der Waals surface area contributed by atoms with Gasteiger partial charge in [-0.25, -0.2) is 9.79 Å². The molecule has 49 heavy (non-hydrogen) atoms. The molecule has 0 saturated carbocycles.